The SMILES string of the molecule is Cc1cc(-c2cc(C(=O)Nc3ncn(Cc4ccccc4)n3)c3cnn(C(C)C)c3n2)c(C)o1. The molecular weight excluding hydrogens is 430 g/mol. The fourth-order valence-electron chi connectivity index (χ4n) is 3.97. The molecule has 9 heteroatoms. The predicted octanol–water partition coefficient (Wildman–Crippen LogP) is 4.78. The van der Waals surface area contributed by atoms with Crippen molar-refractivity contribution >= 4 is 22.9 Å². The van der Waals surface area contributed by atoms with Gasteiger partial charge in [-0.3, -0.25) is 10.1 Å². The molecule has 172 valence electrons. The molecule has 5 rings (SSSR count). The van der Waals surface area contributed by atoms with Gasteiger partial charge in [-0.05, 0) is 45.4 Å². The molecule has 0 aliphatic carbocycles. The van der Waals surface area contributed by atoms with Gasteiger partial charge >= 0.3 is 0 Å². The number of hydrogen-bond acceptors (Lipinski definition) is 6. The average Bonchev–Trinajstić information content (AvgIpc) is 3.52. The van der Waals surface area contributed by atoms with Crippen molar-refractivity contribution in [2.75, 3.05) is 5.32 Å². The number of amides is 1. The molecule has 0 saturated heterocycles. The molecule has 1 amide bonds. The van der Waals surface area contributed by atoms with Gasteiger partial charge in [-0.2, -0.15) is 5.10 Å². The smallest absolute Gasteiger partial charge is 0.258 e. The maximum atomic E-state index is 13.4. The average molecular weight is 456 g/mol. The van der Waals surface area contributed by atoms with Crippen molar-refractivity contribution in [1.82, 2.24) is 29.5 Å². The monoisotopic (exact) mass is 455 g/mol. The summed E-state index contributed by atoms with van der Waals surface area (Å²) in [5, 5.41) is 12.4. The molecule has 5 aromatic rings. The van der Waals surface area contributed by atoms with Gasteiger partial charge in [-0.25, -0.2) is 19.3 Å². The van der Waals surface area contributed by atoms with Crippen LogP contribution in [0.5, 0.6) is 0 Å². The number of nitrogens with zero attached hydrogens (tertiary/aromatic N) is 6. The van der Waals surface area contributed by atoms with Crippen LogP contribution in [0.2, 0.25) is 0 Å². The lowest BCUT2D eigenvalue weighted by molar-refractivity contribution is 0.102. The largest absolute Gasteiger partial charge is 0.466 e. The molecule has 34 heavy (non-hydrogen) atoms. The first-order valence-corrected chi connectivity index (χ1v) is 11.1. The number of benzene rings is 1. The first-order valence-electron chi connectivity index (χ1n) is 11.1. The Kier molecular flexibility index (Phi) is 5.45. The van der Waals surface area contributed by atoms with Crippen molar-refractivity contribution < 1.29 is 9.21 Å². The van der Waals surface area contributed by atoms with E-state index < -0.39 is 0 Å². The van der Waals surface area contributed by atoms with Gasteiger partial charge in [0.25, 0.3) is 5.91 Å². The number of furan rings is 1. The highest BCUT2D eigenvalue weighted by Gasteiger charge is 2.21. The Bertz CT molecular complexity index is 1480. The quantitative estimate of drug-likeness (QED) is 0.395. The molecule has 1 aromatic carbocycles. The molecule has 4 aromatic heterocycles. The minimum atomic E-state index is -0.327. The van der Waals surface area contributed by atoms with Crippen LogP contribution in [0.25, 0.3) is 22.3 Å². The fraction of sp³-hybridized carbons (Fsp3) is 0.240. The number of aromatic nitrogens is 6. The number of hydrogen-bond donors (Lipinski definition) is 1. The van der Waals surface area contributed by atoms with Gasteiger partial charge in [0, 0.05) is 11.6 Å². The van der Waals surface area contributed by atoms with E-state index in [1.165, 1.54) is 0 Å². The third kappa shape index (κ3) is 4.07. The maximum absolute atomic E-state index is 13.4. The van der Waals surface area contributed by atoms with Crippen LogP contribution in [0.1, 0.15) is 47.3 Å². The van der Waals surface area contributed by atoms with Crippen LogP contribution in [0.3, 0.4) is 0 Å². The molecule has 9 nitrogen and oxygen atoms in total. The Labute approximate surface area is 196 Å². The normalized spacial score (nSPS) is 11.4. The van der Waals surface area contributed by atoms with E-state index in [4.69, 9.17) is 9.40 Å². The number of fused-ring (bicyclic) bond motifs is 1. The summed E-state index contributed by atoms with van der Waals surface area (Å²) >= 11 is 0. The summed E-state index contributed by atoms with van der Waals surface area (Å²) < 4.78 is 9.20. The topological polar surface area (TPSA) is 104 Å². The number of carbonyl (C=O) groups is 1. The van der Waals surface area contributed by atoms with E-state index in [-0.39, 0.29) is 17.9 Å². The number of rotatable bonds is 6. The molecule has 0 aliphatic heterocycles. The highest BCUT2D eigenvalue weighted by molar-refractivity contribution is 6.12. The van der Waals surface area contributed by atoms with Crippen LogP contribution in [0.15, 0.2) is 59.4 Å². The van der Waals surface area contributed by atoms with Crippen LogP contribution in [0.4, 0.5) is 5.95 Å². The maximum Gasteiger partial charge on any atom is 0.258 e. The van der Waals surface area contributed by atoms with Crippen LogP contribution in [0, 0.1) is 13.8 Å². The van der Waals surface area contributed by atoms with Gasteiger partial charge in [0.05, 0.1) is 29.4 Å². The number of nitrogens with one attached hydrogen (secondary N) is 1. The molecule has 0 unspecified atom stereocenters. The third-order valence-corrected chi connectivity index (χ3v) is 5.57. The highest BCUT2D eigenvalue weighted by atomic mass is 16.3. The standard InChI is InChI=1S/C25H25N7O2/c1-15(2)32-23-21(12-27-32)20(11-22(28-23)19-10-16(3)34-17(19)4)24(33)29-25-26-14-31(30-25)13-18-8-6-5-7-9-18/h5-12,14-15H,13H2,1-4H3,(H,29,30,33). The van der Waals surface area contributed by atoms with E-state index in [1.54, 1.807) is 23.3 Å². The molecule has 0 bridgehead atoms. The Morgan fingerprint density at radius 2 is 1.94 bits per heavy atom. The first kappa shape index (κ1) is 21.6. The first-order chi connectivity index (χ1) is 16.4. The molecule has 4 heterocycles. The molecular formula is C25H25N7O2. The third-order valence-electron chi connectivity index (χ3n) is 5.57. The van der Waals surface area contributed by atoms with Crippen LogP contribution >= 0.6 is 0 Å². The van der Waals surface area contributed by atoms with E-state index in [9.17, 15) is 4.79 Å². The van der Waals surface area contributed by atoms with Crippen LogP contribution in [-0.2, 0) is 6.54 Å². The minimum Gasteiger partial charge on any atom is -0.466 e. The lowest BCUT2D eigenvalue weighted by Gasteiger charge is -2.10. The molecule has 0 saturated carbocycles. The second kappa shape index (κ2) is 8.58. The molecule has 0 radical (unpaired) electrons. The van der Waals surface area contributed by atoms with Crippen molar-refractivity contribution in [1.29, 1.82) is 0 Å². The zero-order valence-electron chi connectivity index (χ0n) is 19.5. The minimum absolute atomic E-state index is 0.0821. The van der Waals surface area contributed by atoms with Gasteiger partial charge in [0.2, 0.25) is 5.95 Å². The summed E-state index contributed by atoms with van der Waals surface area (Å²) in [6, 6.07) is 13.7. The highest BCUT2D eigenvalue weighted by Crippen LogP contribution is 2.30. The summed E-state index contributed by atoms with van der Waals surface area (Å²) in [6.07, 6.45) is 3.28. The van der Waals surface area contributed by atoms with E-state index in [0.29, 0.717) is 28.8 Å². The fourth-order valence-corrected chi connectivity index (χ4v) is 3.97. The van der Waals surface area contributed by atoms with Gasteiger partial charge < -0.3 is 4.42 Å². The number of aryl methyl sites for hydroxylation is 2. The molecule has 1 N–H and O–H groups in total. The summed E-state index contributed by atoms with van der Waals surface area (Å²) in [6.45, 7) is 8.39. The summed E-state index contributed by atoms with van der Waals surface area (Å²) in [7, 11) is 0. The van der Waals surface area contributed by atoms with Gasteiger partial charge in [0.1, 0.15) is 17.8 Å². The lowest BCUT2D eigenvalue weighted by Crippen LogP contribution is -2.15. The lowest BCUT2D eigenvalue weighted by atomic mass is 10.1. The van der Waals surface area contributed by atoms with Crippen molar-refractivity contribution in [3.8, 4) is 11.3 Å². The molecule has 0 atom stereocenters. The zero-order valence-corrected chi connectivity index (χ0v) is 19.5. The Morgan fingerprint density at radius 1 is 1.15 bits per heavy atom. The molecule has 0 spiro atoms. The molecule has 0 fully saturated rings. The van der Waals surface area contributed by atoms with E-state index >= 15 is 0 Å². The van der Waals surface area contributed by atoms with Crippen LogP contribution in [-0.4, -0.2) is 35.4 Å². The Balaban J connectivity index is 1.50. The number of carbonyl (C=O) groups excluding carboxylic acids is 1. The van der Waals surface area contributed by atoms with Gasteiger partial charge in [-0.1, -0.05) is 30.3 Å². The number of anilines is 1. The zero-order chi connectivity index (χ0) is 23.8. The Morgan fingerprint density at radius 3 is 2.65 bits per heavy atom. The van der Waals surface area contributed by atoms with E-state index in [1.807, 2.05) is 68.8 Å². The van der Waals surface area contributed by atoms with Crippen molar-refractivity contribution in [3.05, 3.63) is 77.6 Å². The van der Waals surface area contributed by atoms with Crippen molar-refractivity contribution in [2.24, 2.45) is 0 Å². The van der Waals surface area contributed by atoms with E-state index in [2.05, 4.69) is 20.5 Å². The Hall–Kier alpha value is -4.27. The van der Waals surface area contributed by atoms with Crippen molar-refractivity contribution in [2.45, 2.75) is 40.3 Å². The number of pyridine rings is 1. The molecule has 0 aliphatic rings. The summed E-state index contributed by atoms with van der Waals surface area (Å²) in [5.74, 6) is 1.44. The van der Waals surface area contributed by atoms with Crippen LogP contribution < -0.4 is 5.32 Å². The second-order valence-electron chi connectivity index (χ2n) is 8.51. The summed E-state index contributed by atoms with van der Waals surface area (Å²) in [4.78, 5) is 22.4. The summed E-state index contributed by atoms with van der Waals surface area (Å²) in [5.41, 5.74) is 3.67. The van der Waals surface area contributed by atoms with Gasteiger partial charge in [0.15, 0.2) is 5.65 Å². The predicted molar refractivity (Wildman–Crippen MR) is 129 cm³/mol. The van der Waals surface area contributed by atoms with E-state index in [0.717, 1.165) is 22.6 Å². The van der Waals surface area contributed by atoms with Gasteiger partial charge in [-0.15, -0.1) is 5.10 Å². The van der Waals surface area contributed by atoms with Crippen molar-refractivity contribution in [3.63, 3.8) is 0 Å². The second-order valence-corrected chi connectivity index (χ2v) is 8.51.